The molecular formula is C6H10N4O2S. The summed E-state index contributed by atoms with van der Waals surface area (Å²) >= 11 is 1.10. The zero-order chi connectivity index (χ0) is 9.84. The lowest BCUT2D eigenvalue weighted by Gasteiger charge is -1.94. The van der Waals surface area contributed by atoms with E-state index in [2.05, 4.69) is 10.2 Å². The SMILES string of the molecule is C[C@H](N)c1nnc(SCC(N)=O)o1. The minimum absolute atomic E-state index is 0.126. The molecule has 0 bridgehead atoms. The van der Waals surface area contributed by atoms with Crippen molar-refractivity contribution in [3.63, 3.8) is 0 Å². The van der Waals surface area contributed by atoms with Gasteiger partial charge in [-0.2, -0.15) is 0 Å². The van der Waals surface area contributed by atoms with Gasteiger partial charge in [-0.05, 0) is 6.92 Å². The standard InChI is InChI=1S/C6H10N4O2S/c1-3(7)5-9-10-6(12-5)13-2-4(8)11/h3H,2,7H2,1H3,(H2,8,11)/t3-/m0/s1. The molecule has 72 valence electrons. The Labute approximate surface area is 79.1 Å². The van der Waals surface area contributed by atoms with E-state index in [1.165, 1.54) is 0 Å². The summed E-state index contributed by atoms with van der Waals surface area (Å²) in [5.74, 6) is 0.0538. The van der Waals surface area contributed by atoms with Crippen molar-refractivity contribution in [3.05, 3.63) is 5.89 Å². The van der Waals surface area contributed by atoms with Gasteiger partial charge in [0.25, 0.3) is 5.22 Å². The molecule has 0 saturated heterocycles. The summed E-state index contributed by atoms with van der Waals surface area (Å²) in [4.78, 5) is 10.4. The Morgan fingerprint density at radius 1 is 1.69 bits per heavy atom. The first-order valence-electron chi connectivity index (χ1n) is 3.59. The number of nitrogens with two attached hydrogens (primary N) is 2. The van der Waals surface area contributed by atoms with Crippen LogP contribution in [0.3, 0.4) is 0 Å². The highest BCUT2D eigenvalue weighted by Crippen LogP contribution is 2.17. The molecule has 0 aromatic carbocycles. The predicted molar refractivity (Wildman–Crippen MR) is 46.8 cm³/mol. The monoisotopic (exact) mass is 202 g/mol. The fourth-order valence-corrected chi connectivity index (χ4v) is 1.10. The lowest BCUT2D eigenvalue weighted by atomic mass is 10.4. The van der Waals surface area contributed by atoms with Crippen molar-refractivity contribution in [2.75, 3.05) is 5.75 Å². The van der Waals surface area contributed by atoms with Crippen LogP contribution in [0.1, 0.15) is 18.9 Å². The average Bonchev–Trinajstić information content (AvgIpc) is 2.48. The van der Waals surface area contributed by atoms with Crippen molar-refractivity contribution in [2.45, 2.75) is 18.2 Å². The van der Waals surface area contributed by atoms with E-state index in [0.29, 0.717) is 11.1 Å². The smallest absolute Gasteiger partial charge is 0.277 e. The molecule has 1 aromatic heterocycles. The highest BCUT2D eigenvalue weighted by atomic mass is 32.2. The zero-order valence-electron chi connectivity index (χ0n) is 7.06. The van der Waals surface area contributed by atoms with Crippen molar-refractivity contribution in [1.29, 1.82) is 0 Å². The number of primary amides is 1. The van der Waals surface area contributed by atoms with Crippen LogP contribution in [0.2, 0.25) is 0 Å². The van der Waals surface area contributed by atoms with Crippen LogP contribution in [-0.2, 0) is 4.79 Å². The van der Waals surface area contributed by atoms with E-state index in [0.717, 1.165) is 11.8 Å². The van der Waals surface area contributed by atoms with Crippen LogP contribution in [0.4, 0.5) is 0 Å². The molecule has 0 spiro atoms. The molecule has 0 saturated carbocycles. The van der Waals surface area contributed by atoms with Crippen molar-refractivity contribution >= 4 is 17.7 Å². The van der Waals surface area contributed by atoms with Gasteiger partial charge in [0.05, 0.1) is 11.8 Å². The van der Waals surface area contributed by atoms with E-state index in [9.17, 15) is 4.79 Å². The molecule has 0 radical (unpaired) electrons. The third-order valence-electron chi connectivity index (χ3n) is 1.15. The molecule has 0 unspecified atom stereocenters. The number of hydrogen-bond donors (Lipinski definition) is 2. The summed E-state index contributed by atoms with van der Waals surface area (Å²) in [6.45, 7) is 1.73. The molecule has 4 N–H and O–H groups in total. The van der Waals surface area contributed by atoms with Crippen LogP contribution in [0.15, 0.2) is 9.64 Å². The van der Waals surface area contributed by atoms with E-state index in [4.69, 9.17) is 15.9 Å². The van der Waals surface area contributed by atoms with E-state index in [1.807, 2.05) is 0 Å². The Hall–Kier alpha value is -1.08. The summed E-state index contributed by atoms with van der Waals surface area (Å²) in [6.07, 6.45) is 0. The summed E-state index contributed by atoms with van der Waals surface area (Å²) in [7, 11) is 0. The summed E-state index contributed by atoms with van der Waals surface area (Å²) < 4.78 is 5.10. The molecule has 0 fully saturated rings. The van der Waals surface area contributed by atoms with Crippen LogP contribution in [-0.4, -0.2) is 21.9 Å². The second-order valence-electron chi connectivity index (χ2n) is 2.45. The van der Waals surface area contributed by atoms with Crippen LogP contribution >= 0.6 is 11.8 Å². The first-order valence-corrected chi connectivity index (χ1v) is 4.58. The first kappa shape index (κ1) is 10.0. The maximum absolute atomic E-state index is 10.4. The van der Waals surface area contributed by atoms with Crippen LogP contribution < -0.4 is 11.5 Å². The molecule has 1 heterocycles. The minimum atomic E-state index is -0.425. The number of hydrogen-bond acceptors (Lipinski definition) is 6. The summed E-state index contributed by atoms with van der Waals surface area (Å²) in [6, 6.07) is -0.296. The molecule has 0 aliphatic carbocycles. The maximum Gasteiger partial charge on any atom is 0.277 e. The molecule has 7 heteroatoms. The van der Waals surface area contributed by atoms with E-state index in [-0.39, 0.29) is 11.8 Å². The third kappa shape index (κ3) is 3.03. The third-order valence-corrected chi connectivity index (χ3v) is 1.99. The molecule has 6 nitrogen and oxygen atoms in total. The van der Waals surface area contributed by atoms with Crippen LogP contribution in [0.5, 0.6) is 0 Å². The number of rotatable bonds is 4. The Balaban J connectivity index is 2.54. The maximum atomic E-state index is 10.4. The minimum Gasteiger partial charge on any atom is -0.414 e. The van der Waals surface area contributed by atoms with E-state index < -0.39 is 5.91 Å². The topological polar surface area (TPSA) is 108 Å². The van der Waals surface area contributed by atoms with Gasteiger partial charge in [0.15, 0.2) is 0 Å². The lowest BCUT2D eigenvalue weighted by molar-refractivity contribution is -0.115. The van der Waals surface area contributed by atoms with Crippen molar-refractivity contribution < 1.29 is 9.21 Å². The molecule has 1 rings (SSSR count). The van der Waals surface area contributed by atoms with Gasteiger partial charge in [-0.25, -0.2) is 0 Å². The highest BCUT2D eigenvalue weighted by molar-refractivity contribution is 7.99. The fraction of sp³-hybridized carbons (Fsp3) is 0.500. The van der Waals surface area contributed by atoms with Crippen LogP contribution in [0, 0.1) is 0 Å². The molecule has 0 aliphatic heterocycles. The Kier molecular flexibility index (Phi) is 3.26. The second-order valence-corrected chi connectivity index (χ2v) is 3.38. The normalized spacial score (nSPS) is 12.8. The average molecular weight is 202 g/mol. The zero-order valence-corrected chi connectivity index (χ0v) is 7.87. The molecule has 1 aromatic rings. The number of amides is 1. The number of aromatic nitrogens is 2. The largest absolute Gasteiger partial charge is 0.414 e. The fourth-order valence-electron chi connectivity index (χ4n) is 0.596. The van der Waals surface area contributed by atoms with Crippen molar-refractivity contribution in [3.8, 4) is 0 Å². The van der Waals surface area contributed by atoms with Gasteiger partial charge in [-0.15, -0.1) is 10.2 Å². The quantitative estimate of drug-likeness (QED) is 0.647. The van der Waals surface area contributed by atoms with Gasteiger partial charge in [-0.1, -0.05) is 11.8 Å². The van der Waals surface area contributed by atoms with Crippen molar-refractivity contribution in [1.82, 2.24) is 10.2 Å². The molecule has 13 heavy (non-hydrogen) atoms. The van der Waals surface area contributed by atoms with Gasteiger partial charge < -0.3 is 15.9 Å². The van der Waals surface area contributed by atoms with E-state index in [1.54, 1.807) is 6.92 Å². The summed E-state index contributed by atoms with van der Waals surface area (Å²) in [5, 5.41) is 7.66. The predicted octanol–water partition coefficient (Wildman–Crippen LogP) is -0.333. The number of thioether (sulfide) groups is 1. The molecule has 1 atom stereocenters. The van der Waals surface area contributed by atoms with E-state index >= 15 is 0 Å². The van der Waals surface area contributed by atoms with Gasteiger partial charge in [0.2, 0.25) is 11.8 Å². The number of carbonyl (C=O) groups excluding carboxylic acids is 1. The second kappa shape index (κ2) is 4.24. The summed E-state index contributed by atoms with van der Waals surface area (Å²) in [5.41, 5.74) is 10.4. The Bertz CT molecular complexity index is 299. The number of nitrogens with zero attached hydrogens (tertiary/aromatic N) is 2. The Morgan fingerprint density at radius 3 is 2.85 bits per heavy atom. The lowest BCUT2D eigenvalue weighted by Crippen LogP contribution is -2.12. The van der Waals surface area contributed by atoms with Crippen molar-refractivity contribution in [2.24, 2.45) is 11.5 Å². The molecular weight excluding hydrogens is 192 g/mol. The number of carbonyl (C=O) groups is 1. The van der Waals surface area contributed by atoms with Gasteiger partial charge >= 0.3 is 0 Å². The van der Waals surface area contributed by atoms with Gasteiger partial charge in [0.1, 0.15) is 0 Å². The van der Waals surface area contributed by atoms with Gasteiger partial charge in [0, 0.05) is 0 Å². The molecule has 0 aliphatic rings. The molecule has 1 amide bonds. The Morgan fingerprint density at radius 2 is 2.38 bits per heavy atom. The highest BCUT2D eigenvalue weighted by Gasteiger charge is 2.10. The first-order chi connectivity index (χ1) is 6.09. The van der Waals surface area contributed by atoms with Crippen LogP contribution in [0.25, 0.3) is 0 Å². The van der Waals surface area contributed by atoms with Gasteiger partial charge in [-0.3, -0.25) is 4.79 Å².